The molecule has 6 heteroatoms. The largest absolute Gasteiger partial charge is 0.493 e. The molecule has 0 unspecified atom stereocenters. The van der Waals surface area contributed by atoms with Crippen LogP contribution in [0.15, 0.2) is 42.6 Å². The van der Waals surface area contributed by atoms with E-state index in [-0.39, 0.29) is 5.91 Å². The summed E-state index contributed by atoms with van der Waals surface area (Å²) in [5.41, 5.74) is 3.34. The molecule has 0 aliphatic heterocycles. The molecule has 0 aliphatic carbocycles. The van der Waals surface area contributed by atoms with Crippen LogP contribution in [0.5, 0.6) is 11.5 Å². The number of hydrogen-bond donors (Lipinski definition) is 1. The standard InChI is InChI=1S/C21H25N3O3/c1-15-5-4-6-17-14-23-24(21(15)17)12-10-20(25)22-11-9-16-7-8-18(26-2)19(13-16)27-3/h4-8,13-14H,9-12H2,1-3H3,(H,22,25). The molecule has 0 atom stereocenters. The molecule has 0 fully saturated rings. The fourth-order valence-corrected chi connectivity index (χ4v) is 3.18. The molecule has 27 heavy (non-hydrogen) atoms. The number of ether oxygens (including phenoxy) is 2. The summed E-state index contributed by atoms with van der Waals surface area (Å²) in [6.07, 6.45) is 2.98. The van der Waals surface area contributed by atoms with E-state index in [0.717, 1.165) is 22.9 Å². The van der Waals surface area contributed by atoms with Crippen LogP contribution in [0.25, 0.3) is 10.9 Å². The number of aromatic nitrogens is 2. The number of benzene rings is 2. The lowest BCUT2D eigenvalue weighted by Gasteiger charge is -2.10. The van der Waals surface area contributed by atoms with Gasteiger partial charge in [-0.25, -0.2) is 0 Å². The van der Waals surface area contributed by atoms with Crippen LogP contribution in [0.3, 0.4) is 0 Å². The Morgan fingerprint density at radius 1 is 1.15 bits per heavy atom. The van der Waals surface area contributed by atoms with E-state index < -0.39 is 0 Å². The fourth-order valence-electron chi connectivity index (χ4n) is 3.18. The molecule has 1 amide bonds. The lowest BCUT2D eigenvalue weighted by molar-refractivity contribution is -0.121. The van der Waals surface area contributed by atoms with Crippen molar-refractivity contribution in [3.05, 3.63) is 53.7 Å². The Morgan fingerprint density at radius 3 is 2.74 bits per heavy atom. The van der Waals surface area contributed by atoms with Gasteiger partial charge in [-0.15, -0.1) is 0 Å². The minimum Gasteiger partial charge on any atom is -0.493 e. The second kappa shape index (κ2) is 8.58. The first kappa shape index (κ1) is 18.8. The summed E-state index contributed by atoms with van der Waals surface area (Å²) in [5, 5.41) is 8.47. The van der Waals surface area contributed by atoms with E-state index in [4.69, 9.17) is 9.47 Å². The normalized spacial score (nSPS) is 10.8. The van der Waals surface area contributed by atoms with Crippen LogP contribution in [0.4, 0.5) is 0 Å². The van der Waals surface area contributed by atoms with Crippen molar-refractivity contribution in [1.82, 2.24) is 15.1 Å². The first-order chi connectivity index (χ1) is 13.1. The Bertz CT molecular complexity index is 934. The molecule has 6 nitrogen and oxygen atoms in total. The van der Waals surface area contributed by atoms with Crippen molar-refractivity contribution in [2.75, 3.05) is 20.8 Å². The number of carbonyl (C=O) groups excluding carboxylic acids is 1. The second-order valence-electron chi connectivity index (χ2n) is 6.42. The molecule has 3 rings (SSSR count). The van der Waals surface area contributed by atoms with E-state index in [1.165, 1.54) is 5.56 Å². The number of aryl methyl sites for hydroxylation is 2. The number of methoxy groups -OCH3 is 2. The third-order valence-corrected chi connectivity index (χ3v) is 4.60. The number of carbonyl (C=O) groups is 1. The van der Waals surface area contributed by atoms with Crippen LogP contribution in [0.1, 0.15) is 17.5 Å². The number of fused-ring (bicyclic) bond motifs is 1. The van der Waals surface area contributed by atoms with Crippen LogP contribution < -0.4 is 14.8 Å². The van der Waals surface area contributed by atoms with Gasteiger partial charge in [0.1, 0.15) is 0 Å². The van der Waals surface area contributed by atoms with Crippen molar-refractivity contribution in [3.63, 3.8) is 0 Å². The summed E-state index contributed by atoms with van der Waals surface area (Å²) in [7, 11) is 3.23. The molecular formula is C21H25N3O3. The van der Waals surface area contributed by atoms with E-state index in [2.05, 4.69) is 23.4 Å². The SMILES string of the molecule is COc1ccc(CCNC(=O)CCn2ncc3cccc(C)c32)cc1OC. The van der Waals surface area contributed by atoms with Gasteiger partial charge in [-0.1, -0.05) is 24.3 Å². The fraction of sp³-hybridized carbons (Fsp3) is 0.333. The predicted molar refractivity (Wildman–Crippen MR) is 105 cm³/mol. The van der Waals surface area contributed by atoms with Crippen molar-refractivity contribution >= 4 is 16.8 Å². The molecule has 0 aliphatic rings. The number of rotatable bonds is 8. The van der Waals surface area contributed by atoms with Gasteiger partial charge in [-0.3, -0.25) is 9.48 Å². The Balaban J connectivity index is 1.50. The van der Waals surface area contributed by atoms with E-state index in [1.807, 2.05) is 41.2 Å². The Morgan fingerprint density at radius 2 is 1.96 bits per heavy atom. The summed E-state index contributed by atoms with van der Waals surface area (Å²) in [6.45, 7) is 3.20. The van der Waals surface area contributed by atoms with E-state index in [0.29, 0.717) is 31.0 Å². The third kappa shape index (κ3) is 4.39. The number of para-hydroxylation sites is 1. The maximum absolute atomic E-state index is 12.2. The Kier molecular flexibility index (Phi) is 5.96. The number of nitrogens with one attached hydrogen (secondary N) is 1. The molecule has 0 saturated carbocycles. The van der Waals surface area contributed by atoms with Crippen LogP contribution in [-0.2, 0) is 17.8 Å². The topological polar surface area (TPSA) is 65.4 Å². The highest BCUT2D eigenvalue weighted by Crippen LogP contribution is 2.27. The smallest absolute Gasteiger partial charge is 0.221 e. The zero-order valence-corrected chi connectivity index (χ0v) is 16.0. The predicted octanol–water partition coefficient (Wildman–Crippen LogP) is 3.11. The monoisotopic (exact) mass is 367 g/mol. The molecule has 1 N–H and O–H groups in total. The molecule has 3 aromatic rings. The summed E-state index contributed by atoms with van der Waals surface area (Å²) in [6, 6.07) is 11.9. The van der Waals surface area contributed by atoms with Crippen molar-refractivity contribution in [2.24, 2.45) is 0 Å². The van der Waals surface area contributed by atoms with Gasteiger partial charge in [0, 0.05) is 18.4 Å². The number of hydrogen-bond acceptors (Lipinski definition) is 4. The molecule has 142 valence electrons. The van der Waals surface area contributed by atoms with Crippen LogP contribution >= 0.6 is 0 Å². The van der Waals surface area contributed by atoms with Gasteiger partial charge in [0.05, 0.1) is 32.5 Å². The molecule has 0 saturated heterocycles. The molecule has 0 spiro atoms. The van der Waals surface area contributed by atoms with Gasteiger partial charge < -0.3 is 14.8 Å². The van der Waals surface area contributed by atoms with Crippen LogP contribution in [0, 0.1) is 6.92 Å². The molecular weight excluding hydrogens is 342 g/mol. The lowest BCUT2D eigenvalue weighted by atomic mass is 10.1. The number of nitrogens with zero attached hydrogens (tertiary/aromatic N) is 2. The highest BCUT2D eigenvalue weighted by atomic mass is 16.5. The van der Waals surface area contributed by atoms with Gasteiger partial charge in [0.2, 0.25) is 5.91 Å². The average molecular weight is 367 g/mol. The van der Waals surface area contributed by atoms with Crippen molar-refractivity contribution < 1.29 is 14.3 Å². The van der Waals surface area contributed by atoms with Gasteiger partial charge in [-0.05, 0) is 36.6 Å². The maximum Gasteiger partial charge on any atom is 0.221 e. The van der Waals surface area contributed by atoms with Crippen molar-refractivity contribution in [1.29, 1.82) is 0 Å². The molecule has 0 bridgehead atoms. The first-order valence-corrected chi connectivity index (χ1v) is 9.01. The number of amides is 1. The van der Waals surface area contributed by atoms with E-state index in [9.17, 15) is 4.79 Å². The molecule has 0 radical (unpaired) electrons. The summed E-state index contributed by atoms with van der Waals surface area (Å²) in [4.78, 5) is 12.2. The maximum atomic E-state index is 12.2. The van der Waals surface area contributed by atoms with Crippen LogP contribution in [-0.4, -0.2) is 36.5 Å². The highest BCUT2D eigenvalue weighted by Gasteiger charge is 2.08. The highest BCUT2D eigenvalue weighted by molar-refractivity contribution is 5.82. The minimum atomic E-state index is 0.0210. The first-order valence-electron chi connectivity index (χ1n) is 9.01. The third-order valence-electron chi connectivity index (χ3n) is 4.60. The molecule has 2 aromatic carbocycles. The van der Waals surface area contributed by atoms with Gasteiger partial charge in [0.25, 0.3) is 0 Å². The summed E-state index contributed by atoms with van der Waals surface area (Å²) < 4.78 is 12.4. The summed E-state index contributed by atoms with van der Waals surface area (Å²) in [5.74, 6) is 1.42. The molecule has 1 heterocycles. The second-order valence-corrected chi connectivity index (χ2v) is 6.42. The van der Waals surface area contributed by atoms with Crippen molar-refractivity contribution in [2.45, 2.75) is 26.3 Å². The zero-order chi connectivity index (χ0) is 19.2. The summed E-state index contributed by atoms with van der Waals surface area (Å²) >= 11 is 0. The van der Waals surface area contributed by atoms with Gasteiger partial charge in [-0.2, -0.15) is 5.10 Å². The molecule has 1 aromatic heterocycles. The van der Waals surface area contributed by atoms with Gasteiger partial charge >= 0.3 is 0 Å². The van der Waals surface area contributed by atoms with E-state index in [1.54, 1.807) is 14.2 Å². The average Bonchev–Trinajstić information content (AvgIpc) is 3.10. The Hall–Kier alpha value is -3.02. The van der Waals surface area contributed by atoms with Gasteiger partial charge in [0.15, 0.2) is 11.5 Å². The zero-order valence-electron chi connectivity index (χ0n) is 16.0. The lowest BCUT2D eigenvalue weighted by Crippen LogP contribution is -2.26. The Labute approximate surface area is 159 Å². The van der Waals surface area contributed by atoms with E-state index >= 15 is 0 Å². The van der Waals surface area contributed by atoms with Crippen molar-refractivity contribution in [3.8, 4) is 11.5 Å². The minimum absolute atomic E-state index is 0.0210. The quantitative estimate of drug-likeness (QED) is 0.664. The van der Waals surface area contributed by atoms with Crippen LogP contribution in [0.2, 0.25) is 0 Å².